The van der Waals surface area contributed by atoms with E-state index in [0.29, 0.717) is 23.5 Å². The summed E-state index contributed by atoms with van der Waals surface area (Å²) in [7, 11) is 0. The van der Waals surface area contributed by atoms with Gasteiger partial charge in [-0.05, 0) is 43.2 Å². The number of carbonyl (C=O) groups excluding carboxylic acids is 4. The Morgan fingerprint density at radius 1 is 1.00 bits per heavy atom. The molecule has 8 nitrogen and oxygen atoms in total. The van der Waals surface area contributed by atoms with Crippen molar-refractivity contribution in [2.75, 3.05) is 23.8 Å². The molecule has 0 aromatic heterocycles. The molecule has 2 aromatic carbocycles. The molecule has 1 heterocycles. The van der Waals surface area contributed by atoms with Crippen LogP contribution >= 0.6 is 0 Å². The summed E-state index contributed by atoms with van der Waals surface area (Å²) in [4.78, 5) is 50.7. The number of hydrogen-bond acceptors (Lipinski definition) is 5. The van der Waals surface area contributed by atoms with Crippen molar-refractivity contribution in [1.29, 1.82) is 0 Å². The van der Waals surface area contributed by atoms with Gasteiger partial charge in [-0.1, -0.05) is 26.0 Å². The van der Waals surface area contributed by atoms with E-state index >= 15 is 0 Å². The molecule has 2 N–H and O–H groups in total. The number of para-hydroxylation sites is 1. The van der Waals surface area contributed by atoms with Crippen molar-refractivity contribution in [2.24, 2.45) is 5.92 Å². The van der Waals surface area contributed by atoms with E-state index < -0.39 is 12.0 Å². The second-order valence-electron chi connectivity index (χ2n) is 7.22. The first-order valence-electron chi connectivity index (χ1n) is 9.66. The maximum atomic E-state index is 12.6. The summed E-state index contributed by atoms with van der Waals surface area (Å²) in [6.45, 7) is 6.10. The number of urea groups is 1. The first-order valence-corrected chi connectivity index (χ1v) is 9.66. The Hall–Kier alpha value is -3.68. The van der Waals surface area contributed by atoms with E-state index in [2.05, 4.69) is 10.6 Å². The quantitative estimate of drug-likeness (QED) is 0.558. The number of anilines is 2. The molecule has 3 rings (SSSR count). The summed E-state index contributed by atoms with van der Waals surface area (Å²) < 4.78 is 4.99. The summed E-state index contributed by atoms with van der Waals surface area (Å²) in [5.41, 5.74) is 1.45. The molecule has 0 saturated heterocycles. The summed E-state index contributed by atoms with van der Waals surface area (Å²) in [5.74, 6) is -1.10. The Labute approximate surface area is 174 Å². The highest BCUT2D eigenvalue weighted by Gasteiger charge is 2.35. The third-order valence-corrected chi connectivity index (χ3v) is 4.45. The second kappa shape index (κ2) is 8.77. The van der Waals surface area contributed by atoms with Crippen LogP contribution in [0, 0.1) is 5.92 Å². The highest BCUT2D eigenvalue weighted by atomic mass is 16.5. The Bertz CT molecular complexity index is 1020. The predicted octanol–water partition coefficient (Wildman–Crippen LogP) is 3.76. The van der Waals surface area contributed by atoms with Crippen LogP contribution in [0.1, 0.15) is 51.8 Å². The summed E-state index contributed by atoms with van der Waals surface area (Å²) in [5, 5.41) is 5.23. The number of esters is 1. The van der Waals surface area contributed by atoms with E-state index in [9.17, 15) is 19.2 Å². The molecule has 0 bridgehead atoms. The van der Waals surface area contributed by atoms with E-state index in [4.69, 9.17) is 4.74 Å². The Balaban J connectivity index is 1.75. The van der Waals surface area contributed by atoms with E-state index in [0.717, 1.165) is 0 Å². The van der Waals surface area contributed by atoms with Crippen molar-refractivity contribution in [2.45, 2.75) is 20.8 Å². The zero-order valence-corrected chi connectivity index (χ0v) is 17.0. The Morgan fingerprint density at radius 3 is 2.40 bits per heavy atom. The van der Waals surface area contributed by atoms with Crippen LogP contribution in [0.5, 0.6) is 0 Å². The second-order valence-corrected chi connectivity index (χ2v) is 7.22. The van der Waals surface area contributed by atoms with Crippen molar-refractivity contribution < 1.29 is 23.9 Å². The molecule has 0 fully saturated rings. The molecule has 0 atom stereocenters. The molecular weight excluding hydrogens is 386 g/mol. The van der Waals surface area contributed by atoms with Gasteiger partial charge in [0.05, 0.1) is 29.0 Å². The molecule has 0 unspecified atom stereocenters. The van der Waals surface area contributed by atoms with E-state index in [-0.39, 0.29) is 35.5 Å². The normalized spacial score (nSPS) is 12.7. The average molecular weight is 409 g/mol. The number of rotatable bonds is 6. The fourth-order valence-corrected chi connectivity index (χ4v) is 3.16. The number of imide groups is 1. The van der Waals surface area contributed by atoms with Crippen molar-refractivity contribution in [3.63, 3.8) is 0 Å². The number of carbonyl (C=O) groups is 4. The Morgan fingerprint density at radius 2 is 1.70 bits per heavy atom. The lowest BCUT2D eigenvalue weighted by Crippen LogP contribution is -2.33. The highest BCUT2D eigenvalue weighted by molar-refractivity contribution is 6.22. The van der Waals surface area contributed by atoms with Crippen molar-refractivity contribution in [1.82, 2.24) is 4.90 Å². The number of hydrogen-bond donors (Lipinski definition) is 2. The topological polar surface area (TPSA) is 105 Å². The fraction of sp³-hybridized carbons (Fsp3) is 0.273. The third kappa shape index (κ3) is 4.32. The minimum atomic E-state index is -0.595. The van der Waals surface area contributed by atoms with Crippen LogP contribution in [0.15, 0.2) is 42.5 Å². The lowest BCUT2D eigenvalue weighted by atomic mass is 10.1. The van der Waals surface area contributed by atoms with Gasteiger partial charge in [0.25, 0.3) is 11.8 Å². The lowest BCUT2D eigenvalue weighted by Gasteiger charge is -2.15. The van der Waals surface area contributed by atoms with Crippen LogP contribution < -0.4 is 10.6 Å². The number of nitrogens with one attached hydrogen (secondary N) is 2. The summed E-state index contributed by atoms with van der Waals surface area (Å²) in [6, 6.07) is 10.5. The fourth-order valence-electron chi connectivity index (χ4n) is 3.16. The van der Waals surface area contributed by atoms with Crippen LogP contribution in [-0.2, 0) is 4.74 Å². The molecule has 30 heavy (non-hydrogen) atoms. The van der Waals surface area contributed by atoms with Crippen LogP contribution in [0.2, 0.25) is 0 Å². The van der Waals surface area contributed by atoms with Gasteiger partial charge in [-0.25, -0.2) is 9.59 Å². The predicted molar refractivity (Wildman–Crippen MR) is 112 cm³/mol. The average Bonchev–Trinajstić information content (AvgIpc) is 2.92. The van der Waals surface area contributed by atoms with Crippen LogP contribution in [0.3, 0.4) is 0 Å². The van der Waals surface area contributed by atoms with Crippen LogP contribution in [0.25, 0.3) is 0 Å². The van der Waals surface area contributed by atoms with E-state index in [1.807, 2.05) is 13.8 Å². The number of ether oxygens (including phenoxy) is 1. The third-order valence-electron chi connectivity index (χ3n) is 4.45. The molecule has 0 aliphatic carbocycles. The zero-order chi connectivity index (χ0) is 21.8. The van der Waals surface area contributed by atoms with Crippen molar-refractivity contribution in [3.8, 4) is 0 Å². The van der Waals surface area contributed by atoms with Gasteiger partial charge in [0.2, 0.25) is 0 Å². The van der Waals surface area contributed by atoms with Crippen molar-refractivity contribution >= 4 is 35.2 Å². The maximum absolute atomic E-state index is 12.6. The largest absolute Gasteiger partial charge is 0.462 e. The smallest absolute Gasteiger partial charge is 0.340 e. The van der Waals surface area contributed by atoms with E-state index in [1.165, 1.54) is 17.0 Å². The van der Waals surface area contributed by atoms with Gasteiger partial charge in [0.1, 0.15) is 0 Å². The van der Waals surface area contributed by atoms with E-state index in [1.54, 1.807) is 37.3 Å². The van der Waals surface area contributed by atoms with Gasteiger partial charge >= 0.3 is 12.0 Å². The minimum absolute atomic E-state index is 0.148. The SMILES string of the molecule is CCOC(=O)c1ccccc1NC(=O)Nc1ccc2c(c1)C(=O)N(CC(C)C)C2=O. The number of fused-ring (bicyclic) bond motifs is 1. The molecule has 0 saturated carbocycles. The van der Waals surface area contributed by atoms with Gasteiger partial charge in [-0.3, -0.25) is 14.5 Å². The van der Waals surface area contributed by atoms with Gasteiger partial charge in [0, 0.05) is 12.2 Å². The molecule has 8 heteroatoms. The molecule has 4 amide bonds. The lowest BCUT2D eigenvalue weighted by molar-refractivity contribution is 0.0526. The Kier molecular flexibility index (Phi) is 6.15. The molecule has 1 aliphatic heterocycles. The highest BCUT2D eigenvalue weighted by Crippen LogP contribution is 2.27. The first-order chi connectivity index (χ1) is 14.3. The molecule has 1 aliphatic rings. The van der Waals surface area contributed by atoms with Gasteiger partial charge in [0.15, 0.2) is 0 Å². The molecular formula is C22H23N3O5. The van der Waals surface area contributed by atoms with Gasteiger partial charge < -0.3 is 15.4 Å². The molecule has 0 spiro atoms. The standard InChI is InChI=1S/C22H23N3O5/c1-4-30-21(28)16-7-5-6-8-18(16)24-22(29)23-14-9-10-15-17(11-14)20(27)25(19(15)26)12-13(2)3/h5-11,13H,4,12H2,1-3H3,(H2,23,24,29). The van der Waals surface area contributed by atoms with Crippen LogP contribution in [0.4, 0.5) is 16.2 Å². The molecule has 156 valence electrons. The van der Waals surface area contributed by atoms with Gasteiger partial charge in [-0.15, -0.1) is 0 Å². The van der Waals surface area contributed by atoms with Gasteiger partial charge in [-0.2, -0.15) is 0 Å². The summed E-state index contributed by atoms with van der Waals surface area (Å²) in [6.07, 6.45) is 0. The summed E-state index contributed by atoms with van der Waals surface area (Å²) >= 11 is 0. The first kappa shape index (κ1) is 21.0. The van der Waals surface area contributed by atoms with Crippen molar-refractivity contribution in [3.05, 3.63) is 59.2 Å². The molecule has 0 radical (unpaired) electrons. The van der Waals surface area contributed by atoms with Crippen LogP contribution in [-0.4, -0.2) is 41.9 Å². The zero-order valence-electron chi connectivity index (χ0n) is 17.0. The minimum Gasteiger partial charge on any atom is -0.462 e. The number of benzene rings is 2. The number of amides is 4. The maximum Gasteiger partial charge on any atom is 0.340 e. The monoisotopic (exact) mass is 409 g/mol. The number of nitrogens with zero attached hydrogens (tertiary/aromatic N) is 1. The molecule has 2 aromatic rings.